The molecule has 1 aromatic heterocycles. The molecule has 6 nitrogen and oxygen atoms in total. The summed E-state index contributed by atoms with van der Waals surface area (Å²) in [6.07, 6.45) is 2.69. The Morgan fingerprint density at radius 1 is 1.10 bits per heavy atom. The molecule has 2 aromatic carbocycles. The van der Waals surface area contributed by atoms with Gasteiger partial charge in [0.1, 0.15) is 6.04 Å². The second-order valence-corrected chi connectivity index (χ2v) is 8.04. The van der Waals surface area contributed by atoms with Crippen LogP contribution in [0.3, 0.4) is 0 Å². The van der Waals surface area contributed by atoms with Crippen molar-refractivity contribution in [2.24, 2.45) is 0 Å². The minimum absolute atomic E-state index is 0.0394. The fourth-order valence-electron chi connectivity index (χ4n) is 3.49. The molecule has 1 aliphatic rings. The van der Waals surface area contributed by atoms with Gasteiger partial charge in [-0.1, -0.05) is 66.0 Å². The average molecular weight is 421 g/mol. The van der Waals surface area contributed by atoms with Crippen LogP contribution >= 0.6 is 11.5 Å². The normalized spacial score (nSPS) is 14.2. The zero-order chi connectivity index (χ0) is 20.9. The van der Waals surface area contributed by atoms with Gasteiger partial charge in [-0.2, -0.15) is 0 Å². The minimum Gasteiger partial charge on any atom is -0.350 e. The predicted molar refractivity (Wildman–Crippen MR) is 116 cm³/mol. The molecule has 0 saturated heterocycles. The summed E-state index contributed by atoms with van der Waals surface area (Å²) in [7, 11) is 0. The zero-order valence-corrected chi connectivity index (χ0v) is 17.6. The van der Waals surface area contributed by atoms with E-state index in [9.17, 15) is 9.59 Å². The Kier molecular flexibility index (Phi) is 6.18. The molecule has 3 aromatic rings. The van der Waals surface area contributed by atoms with Gasteiger partial charge >= 0.3 is 0 Å². The number of aromatic nitrogens is 2. The summed E-state index contributed by atoms with van der Waals surface area (Å²) in [6, 6.07) is 17.0. The fourth-order valence-corrected chi connectivity index (χ4v) is 3.92. The van der Waals surface area contributed by atoms with Crippen molar-refractivity contribution in [2.45, 2.75) is 44.8 Å². The highest BCUT2D eigenvalue weighted by molar-refractivity contribution is 7.03. The molecular weight excluding hydrogens is 396 g/mol. The molecule has 1 unspecified atom stereocenters. The molecule has 4 rings (SSSR count). The van der Waals surface area contributed by atoms with Crippen LogP contribution in [0.4, 0.5) is 0 Å². The average Bonchev–Trinajstić information content (AvgIpc) is 3.47. The Morgan fingerprint density at radius 2 is 1.83 bits per heavy atom. The van der Waals surface area contributed by atoms with Crippen LogP contribution in [0.2, 0.25) is 0 Å². The molecule has 7 heteroatoms. The van der Waals surface area contributed by atoms with Crippen molar-refractivity contribution < 1.29 is 9.59 Å². The van der Waals surface area contributed by atoms with Gasteiger partial charge in [-0.05, 0) is 47.5 Å². The van der Waals surface area contributed by atoms with Crippen LogP contribution in [0.25, 0.3) is 0 Å². The van der Waals surface area contributed by atoms with Crippen molar-refractivity contribution in [2.75, 3.05) is 0 Å². The molecule has 1 heterocycles. The number of rotatable bonds is 8. The highest BCUT2D eigenvalue weighted by atomic mass is 32.1. The number of carbonyl (C=O) groups is 2. The van der Waals surface area contributed by atoms with E-state index in [4.69, 9.17) is 0 Å². The maximum Gasteiger partial charge on any atom is 0.276 e. The molecule has 0 aliphatic heterocycles. The molecule has 0 radical (unpaired) electrons. The Hall–Kier alpha value is -3.06. The standard InChI is InChI=1S/C23H24N4O2S/c1-2-16-8-10-18(11-9-16)21(22(28)24-14-17-6-4-3-5-7-17)27(19-12-13-19)23(29)20-15-30-26-25-20/h3-11,15,19,21H,2,12-14H2,1H3,(H,24,28). The number of carbonyl (C=O) groups excluding carboxylic acids is 2. The third-order valence-electron chi connectivity index (χ3n) is 5.29. The summed E-state index contributed by atoms with van der Waals surface area (Å²) in [5.74, 6) is -0.433. The lowest BCUT2D eigenvalue weighted by molar-refractivity contribution is -0.126. The molecule has 30 heavy (non-hydrogen) atoms. The highest BCUT2D eigenvalue weighted by Gasteiger charge is 2.42. The van der Waals surface area contributed by atoms with Gasteiger partial charge in [0.2, 0.25) is 5.91 Å². The van der Waals surface area contributed by atoms with Gasteiger partial charge in [0, 0.05) is 18.0 Å². The van der Waals surface area contributed by atoms with Crippen molar-refractivity contribution >= 4 is 23.3 Å². The van der Waals surface area contributed by atoms with Gasteiger partial charge < -0.3 is 10.2 Å². The lowest BCUT2D eigenvalue weighted by atomic mass is 10.0. The van der Waals surface area contributed by atoms with Crippen molar-refractivity contribution in [3.05, 3.63) is 82.4 Å². The first-order chi connectivity index (χ1) is 14.7. The predicted octanol–water partition coefficient (Wildman–Crippen LogP) is 3.76. The van der Waals surface area contributed by atoms with Crippen molar-refractivity contribution in [1.29, 1.82) is 0 Å². The van der Waals surface area contributed by atoms with Crippen LogP contribution in [0.15, 0.2) is 60.0 Å². The first kappa shape index (κ1) is 20.2. The van der Waals surface area contributed by atoms with E-state index in [1.54, 1.807) is 10.3 Å². The highest BCUT2D eigenvalue weighted by Crippen LogP contribution is 2.36. The third-order valence-corrected chi connectivity index (χ3v) is 5.80. The van der Waals surface area contributed by atoms with Crippen LogP contribution in [0, 0.1) is 0 Å². The Bertz CT molecular complexity index is 986. The van der Waals surface area contributed by atoms with Gasteiger partial charge in [0.15, 0.2) is 5.69 Å². The summed E-state index contributed by atoms with van der Waals surface area (Å²) in [4.78, 5) is 28.3. The van der Waals surface area contributed by atoms with Crippen LogP contribution < -0.4 is 5.32 Å². The maximum atomic E-state index is 13.4. The molecule has 1 aliphatic carbocycles. The van der Waals surface area contributed by atoms with Crippen LogP contribution in [-0.2, 0) is 17.8 Å². The van der Waals surface area contributed by atoms with Crippen LogP contribution in [0.5, 0.6) is 0 Å². The van der Waals surface area contributed by atoms with E-state index < -0.39 is 6.04 Å². The number of benzene rings is 2. The molecule has 0 spiro atoms. The molecule has 154 valence electrons. The SMILES string of the molecule is CCc1ccc(C(C(=O)NCc2ccccc2)N(C(=O)c2csnn2)C2CC2)cc1. The van der Waals surface area contributed by atoms with E-state index in [2.05, 4.69) is 21.8 Å². The Morgan fingerprint density at radius 3 is 2.43 bits per heavy atom. The smallest absolute Gasteiger partial charge is 0.276 e. The number of amides is 2. The molecule has 1 saturated carbocycles. The monoisotopic (exact) mass is 420 g/mol. The minimum atomic E-state index is -0.707. The third kappa shape index (κ3) is 4.57. The summed E-state index contributed by atoms with van der Waals surface area (Å²) in [5.41, 5.74) is 3.30. The molecule has 0 bridgehead atoms. The van der Waals surface area contributed by atoms with E-state index in [0.29, 0.717) is 6.54 Å². The number of hydrogen-bond donors (Lipinski definition) is 1. The fraction of sp³-hybridized carbons (Fsp3) is 0.304. The number of hydrogen-bond acceptors (Lipinski definition) is 5. The van der Waals surface area contributed by atoms with Crippen LogP contribution in [-0.4, -0.2) is 32.3 Å². The summed E-state index contributed by atoms with van der Waals surface area (Å²) in [6.45, 7) is 2.50. The van der Waals surface area contributed by atoms with E-state index in [1.165, 1.54) is 5.56 Å². The van der Waals surface area contributed by atoms with Crippen molar-refractivity contribution in [1.82, 2.24) is 19.8 Å². The van der Waals surface area contributed by atoms with E-state index in [0.717, 1.165) is 41.9 Å². The first-order valence-corrected chi connectivity index (χ1v) is 11.0. The molecule has 1 fully saturated rings. The Labute approximate surface area is 180 Å². The second kappa shape index (κ2) is 9.17. The largest absolute Gasteiger partial charge is 0.350 e. The van der Waals surface area contributed by atoms with Gasteiger partial charge in [0.05, 0.1) is 0 Å². The van der Waals surface area contributed by atoms with Gasteiger partial charge in [-0.15, -0.1) is 5.10 Å². The van der Waals surface area contributed by atoms with Gasteiger partial charge in [-0.25, -0.2) is 0 Å². The number of nitrogens with zero attached hydrogens (tertiary/aromatic N) is 3. The zero-order valence-electron chi connectivity index (χ0n) is 16.8. The summed E-state index contributed by atoms with van der Waals surface area (Å²) in [5, 5.41) is 8.61. The second-order valence-electron chi connectivity index (χ2n) is 7.43. The van der Waals surface area contributed by atoms with Crippen LogP contribution in [0.1, 0.15) is 53.0 Å². The van der Waals surface area contributed by atoms with Crippen molar-refractivity contribution in [3.63, 3.8) is 0 Å². The maximum absolute atomic E-state index is 13.4. The quantitative estimate of drug-likeness (QED) is 0.602. The Balaban J connectivity index is 1.64. The lowest BCUT2D eigenvalue weighted by Crippen LogP contribution is -2.45. The first-order valence-electron chi connectivity index (χ1n) is 10.2. The van der Waals surface area contributed by atoms with E-state index in [-0.39, 0.29) is 23.6 Å². The van der Waals surface area contributed by atoms with Crippen molar-refractivity contribution in [3.8, 4) is 0 Å². The molecule has 2 amide bonds. The number of nitrogens with one attached hydrogen (secondary N) is 1. The summed E-state index contributed by atoms with van der Waals surface area (Å²) >= 11 is 1.14. The van der Waals surface area contributed by atoms with E-state index >= 15 is 0 Å². The summed E-state index contributed by atoms with van der Waals surface area (Å²) < 4.78 is 3.82. The molecule has 1 atom stereocenters. The lowest BCUT2D eigenvalue weighted by Gasteiger charge is -2.31. The number of aryl methyl sites for hydroxylation is 1. The topological polar surface area (TPSA) is 75.2 Å². The molecular formula is C23H24N4O2S. The van der Waals surface area contributed by atoms with Gasteiger partial charge in [-0.3, -0.25) is 9.59 Å². The van der Waals surface area contributed by atoms with E-state index in [1.807, 2.05) is 54.6 Å². The molecule has 1 N–H and O–H groups in total. The van der Waals surface area contributed by atoms with Gasteiger partial charge in [0.25, 0.3) is 5.91 Å².